The number of carbonyl (C=O) groups is 3. The van der Waals surface area contributed by atoms with E-state index in [9.17, 15) is 14.4 Å². The van der Waals surface area contributed by atoms with Gasteiger partial charge in [-0.25, -0.2) is 4.79 Å². The predicted octanol–water partition coefficient (Wildman–Crippen LogP) is 2.48. The van der Waals surface area contributed by atoms with Gasteiger partial charge in [0.15, 0.2) is 0 Å². The van der Waals surface area contributed by atoms with E-state index in [1.807, 2.05) is 0 Å². The van der Waals surface area contributed by atoms with Crippen LogP contribution in [0.2, 0.25) is 0 Å². The first-order chi connectivity index (χ1) is 13.0. The van der Waals surface area contributed by atoms with Crippen LogP contribution >= 0.6 is 15.9 Å². The maximum absolute atomic E-state index is 12.5. The van der Waals surface area contributed by atoms with Gasteiger partial charge in [0.1, 0.15) is 5.92 Å². The zero-order valence-corrected chi connectivity index (χ0v) is 17.5. The average molecular weight is 439 g/mol. The van der Waals surface area contributed by atoms with E-state index in [1.54, 1.807) is 18.2 Å². The molecule has 2 aliphatic rings. The fraction of sp³-hybridized carbons (Fsp3) is 0.579. The minimum atomic E-state index is -0.554. The van der Waals surface area contributed by atoms with Gasteiger partial charge in [0.05, 0.1) is 5.71 Å². The van der Waals surface area contributed by atoms with E-state index in [0.717, 1.165) is 35.4 Å². The first-order valence-corrected chi connectivity index (χ1v) is 10.2. The highest BCUT2D eigenvalue weighted by Gasteiger charge is 2.36. The lowest BCUT2D eigenvalue weighted by Gasteiger charge is -2.28. The minimum absolute atomic E-state index is 0.0566. The number of nitrogens with zero attached hydrogens (tertiary/aromatic N) is 3. The Hall–Kier alpha value is -1.80. The second-order valence-corrected chi connectivity index (χ2v) is 7.42. The number of fused-ring (bicyclic) bond motifs is 1. The van der Waals surface area contributed by atoms with Crippen molar-refractivity contribution in [1.82, 2.24) is 15.1 Å². The van der Waals surface area contributed by atoms with Gasteiger partial charge in [0.25, 0.3) is 0 Å². The van der Waals surface area contributed by atoms with Crippen molar-refractivity contribution in [2.75, 3.05) is 32.7 Å². The molecule has 27 heavy (non-hydrogen) atoms. The van der Waals surface area contributed by atoms with Crippen LogP contribution in [0.15, 0.2) is 27.7 Å². The Kier molecular flexibility index (Phi) is 8.37. The quantitative estimate of drug-likeness (QED) is 0.531. The maximum atomic E-state index is 12.5. The fourth-order valence-electron chi connectivity index (χ4n) is 3.07. The highest BCUT2D eigenvalue weighted by molar-refractivity contribution is 9.11. The molecule has 4 amide bonds. The van der Waals surface area contributed by atoms with Crippen LogP contribution in [0.5, 0.6) is 0 Å². The molecule has 1 heterocycles. The van der Waals surface area contributed by atoms with E-state index in [1.165, 1.54) is 0 Å². The Morgan fingerprint density at radius 1 is 1.26 bits per heavy atom. The van der Waals surface area contributed by atoms with Crippen LogP contribution in [0.25, 0.3) is 0 Å². The number of imide groups is 1. The molecule has 0 saturated heterocycles. The van der Waals surface area contributed by atoms with Crippen molar-refractivity contribution in [2.24, 2.45) is 10.9 Å². The van der Waals surface area contributed by atoms with Crippen molar-refractivity contribution in [3.63, 3.8) is 0 Å². The second-order valence-electron chi connectivity index (χ2n) is 6.51. The van der Waals surface area contributed by atoms with E-state index < -0.39 is 11.9 Å². The highest BCUT2D eigenvalue weighted by atomic mass is 79.9. The molecule has 0 radical (unpaired) electrons. The van der Waals surface area contributed by atoms with Crippen molar-refractivity contribution in [3.05, 3.63) is 22.7 Å². The molecule has 0 aromatic rings. The third kappa shape index (κ3) is 6.10. The Morgan fingerprint density at radius 2 is 2.00 bits per heavy atom. The van der Waals surface area contributed by atoms with E-state index in [-0.39, 0.29) is 24.8 Å². The van der Waals surface area contributed by atoms with Crippen LogP contribution in [0.1, 0.15) is 33.1 Å². The fourth-order valence-corrected chi connectivity index (χ4v) is 3.47. The number of carbonyl (C=O) groups excluding carboxylic acids is 3. The van der Waals surface area contributed by atoms with Crippen molar-refractivity contribution < 1.29 is 14.4 Å². The zero-order valence-electron chi connectivity index (χ0n) is 15.9. The molecule has 1 N–H and O–H groups in total. The molecule has 0 saturated carbocycles. The van der Waals surface area contributed by atoms with Crippen LogP contribution in [-0.4, -0.2) is 66.1 Å². The van der Waals surface area contributed by atoms with Crippen molar-refractivity contribution in [3.8, 4) is 0 Å². The molecular weight excluding hydrogens is 412 g/mol. The lowest BCUT2D eigenvalue weighted by Crippen LogP contribution is -2.46. The molecule has 1 unspecified atom stereocenters. The predicted molar refractivity (Wildman–Crippen MR) is 109 cm³/mol. The first-order valence-electron chi connectivity index (χ1n) is 9.44. The molecule has 0 aromatic heterocycles. The van der Waals surface area contributed by atoms with Gasteiger partial charge in [-0.3, -0.25) is 14.5 Å². The number of hydrogen-bond acceptors (Lipinski definition) is 4. The number of halogens is 1. The zero-order chi connectivity index (χ0) is 19.8. The van der Waals surface area contributed by atoms with Gasteiger partial charge in [-0.2, -0.15) is 4.99 Å². The molecule has 0 spiro atoms. The standard InChI is InChI=1S/C19H27BrN4O3/c1-3-23(4-2)11-6-10-21-17(25)7-5-12-24-18(26)15-13-14(20)8-9-16(15)22-19(24)27/h8-9,13,15H,3-7,10-12H2,1-2H3,(H,21,25). The Labute approximate surface area is 168 Å². The van der Waals surface area contributed by atoms with E-state index >= 15 is 0 Å². The second kappa shape index (κ2) is 10.5. The van der Waals surface area contributed by atoms with Gasteiger partial charge in [0.2, 0.25) is 11.8 Å². The molecular formula is C19H27BrN4O3. The molecule has 1 atom stereocenters. The number of rotatable bonds is 10. The first kappa shape index (κ1) is 21.5. The number of amides is 4. The van der Waals surface area contributed by atoms with Crippen LogP contribution in [0.4, 0.5) is 4.79 Å². The number of nitrogens with one attached hydrogen (secondary N) is 1. The molecule has 0 aromatic carbocycles. The molecule has 7 nitrogen and oxygen atoms in total. The maximum Gasteiger partial charge on any atom is 0.350 e. The number of allylic oxidation sites excluding steroid dienone is 3. The van der Waals surface area contributed by atoms with Crippen LogP contribution in [-0.2, 0) is 9.59 Å². The monoisotopic (exact) mass is 438 g/mol. The Morgan fingerprint density at radius 3 is 2.70 bits per heavy atom. The molecule has 1 aliphatic heterocycles. The molecule has 148 valence electrons. The number of hydrogen-bond donors (Lipinski definition) is 1. The molecule has 2 rings (SSSR count). The summed E-state index contributed by atoms with van der Waals surface area (Å²) in [5.41, 5.74) is 0.468. The lowest BCUT2D eigenvalue weighted by atomic mass is 9.95. The van der Waals surface area contributed by atoms with Crippen molar-refractivity contribution in [1.29, 1.82) is 0 Å². The van der Waals surface area contributed by atoms with Crippen LogP contribution in [0.3, 0.4) is 0 Å². The van der Waals surface area contributed by atoms with Crippen LogP contribution in [0, 0.1) is 5.92 Å². The van der Waals surface area contributed by atoms with Gasteiger partial charge in [0, 0.05) is 24.0 Å². The SMILES string of the molecule is CCN(CC)CCCNC(=O)CCCN1C(=O)N=C2C=CC(Br)=CC2C1=O. The minimum Gasteiger partial charge on any atom is -0.356 e. The molecule has 1 aliphatic carbocycles. The summed E-state index contributed by atoms with van der Waals surface area (Å²) >= 11 is 3.34. The van der Waals surface area contributed by atoms with Crippen LogP contribution < -0.4 is 5.32 Å². The summed E-state index contributed by atoms with van der Waals surface area (Å²) in [6.07, 6.45) is 6.79. The topological polar surface area (TPSA) is 82.1 Å². The van der Waals surface area contributed by atoms with Crippen molar-refractivity contribution >= 4 is 39.5 Å². The number of urea groups is 1. The highest BCUT2D eigenvalue weighted by Crippen LogP contribution is 2.24. The third-order valence-corrected chi connectivity index (χ3v) is 5.23. The summed E-state index contributed by atoms with van der Waals surface area (Å²) in [6.45, 7) is 8.06. The number of aliphatic imine (C=N–C) groups is 1. The summed E-state index contributed by atoms with van der Waals surface area (Å²) < 4.78 is 0.790. The summed E-state index contributed by atoms with van der Waals surface area (Å²) in [5.74, 6) is -0.874. The lowest BCUT2D eigenvalue weighted by molar-refractivity contribution is -0.130. The normalized spacial score (nSPS) is 19.1. The molecule has 8 heteroatoms. The largest absolute Gasteiger partial charge is 0.356 e. The van der Waals surface area contributed by atoms with E-state index in [0.29, 0.717) is 18.7 Å². The summed E-state index contributed by atoms with van der Waals surface area (Å²) in [6, 6.07) is -0.554. The van der Waals surface area contributed by atoms with Gasteiger partial charge in [-0.05, 0) is 44.6 Å². The van der Waals surface area contributed by atoms with Gasteiger partial charge in [-0.1, -0.05) is 35.9 Å². The average Bonchev–Trinajstić information content (AvgIpc) is 2.65. The summed E-state index contributed by atoms with van der Waals surface area (Å²) in [5, 5.41) is 2.89. The van der Waals surface area contributed by atoms with Gasteiger partial charge in [-0.15, -0.1) is 0 Å². The molecule has 0 fully saturated rings. The Bertz CT molecular complexity index is 668. The van der Waals surface area contributed by atoms with Gasteiger partial charge < -0.3 is 10.2 Å². The molecule has 0 bridgehead atoms. The van der Waals surface area contributed by atoms with Crippen molar-refractivity contribution in [2.45, 2.75) is 33.1 Å². The van der Waals surface area contributed by atoms with Gasteiger partial charge >= 0.3 is 6.03 Å². The summed E-state index contributed by atoms with van der Waals surface area (Å²) in [4.78, 5) is 44.0. The van der Waals surface area contributed by atoms with E-state index in [2.05, 4.69) is 45.0 Å². The third-order valence-electron chi connectivity index (χ3n) is 4.70. The van der Waals surface area contributed by atoms with E-state index in [4.69, 9.17) is 0 Å². The Balaban J connectivity index is 1.73. The summed E-state index contributed by atoms with van der Waals surface area (Å²) in [7, 11) is 0. The smallest absolute Gasteiger partial charge is 0.350 e.